The molecule has 1 amide bonds. The third-order valence-electron chi connectivity index (χ3n) is 4.87. The van der Waals surface area contributed by atoms with Crippen LogP contribution < -0.4 is 22.0 Å². The van der Waals surface area contributed by atoms with Crippen molar-refractivity contribution in [3.05, 3.63) is 82.0 Å². The summed E-state index contributed by atoms with van der Waals surface area (Å²) in [5.41, 5.74) is 2.92. The number of rotatable bonds is 8. The average Bonchev–Trinajstić information content (AvgIpc) is 2.79. The van der Waals surface area contributed by atoms with Gasteiger partial charge in [0.1, 0.15) is 0 Å². The van der Waals surface area contributed by atoms with Crippen LogP contribution in [0.3, 0.4) is 0 Å². The summed E-state index contributed by atoms with van der Waals surface area (Å²) in [6, 6.07) is 12.9. The van der Waals surface area contributed by atoms with Crippen LogP contribution >= 0.6 is 0 Å². The molecule has 0 atom stereocenters. The second-order valence-corrected chi connectivity index (χ2v) is 6.98. The minimum Gasteiger partial charge on any atom is -0.478 e. The molecule has 0 saturated carbocycles. The summed E-state index contributed by atoms with van der Waals surface area (Å²) in [7, 11) is 1.74. The number of amides is 1. The van der Waals surface area contributed by atoms with Crippen LogP contribution in [0.25, 0.3) is 0 Å². The Kier molecular flexibility index (Phi) is 6.64. The van der Waals surface area contributed by atoms with Gasteiger partial charge in [-0.25, -0.2) is 4.79 Å². The molecule has 164 valence electrons. The zero-order chi connectivity index (χ0) is 23.3. The van der Waals surface area contributed by atoms with Crippen molar-refractivity contribution in [2.75, 3.05) is 23.5 Å². The lowest BCUT2D eigenvalue weighted by Gasteiger charge is -2.11. The van der Waals surface area contributed by atoms with Gasteiger partial charge in [0.05, 0.1) is 11.3 Å². The topological polar surface area (TPSA) is 163 Å². The molecule has 0 aliphatic heterocycles. The standard InChI is InChI=1S/C22H22N6O4/c1-25-17-6-4-13(10-15(17)12-29)2-3-14-5-7-18(16(11-14)22(31)32)26-21(30)19-8-9-20(23)28(24)27-19/h4-12,23,25H,2-3,24H2,1H3,(H,26,30)(H,31,32). The Morgan fingerprint density at radius 2 is 1.75 bits per heavy atom. The van der Waals surface area contributed by atoms with Crippen molar-refractivity contribution < 1.29 is 19.5 Å². The fourth-order valence-corrected chi connectivity index (χ4v) is 3.16. The fourth-order valence-electron chi connectivity index (χ4n) is 3.16. The Morgan fingerprint density at radius 1 is 1.09 bits per heavy atom. The van der Waals surface area contributed by atoms with E-state index in [2.05, 4.69) is 15.7 Å². The van der Waals surface area contributed by atoms with E-state index in [0.29, 0.717) is 18.4 Å². The average molecular weight is 434 g/mol. The molecule has 0 fully saturated rings. The fraction of sp³-hybridized carbons (Fsp3) is 0.136. The molecule has 3 aromatic rings. The lowest BCUT2D eigenvalue weighted by atomic mass is 10.00. The Morgan fingerprint density at radius 3 is 2.34 bits per heavy atom. The summed E-state index contributed by atoms with van der Waals surface area (Å²) in [6.45, 7) is 0. The molecule has 6 N–H and O–H groups in total. The second kappa shape index (κ2) is 9.56. The van der Waals surface area contributed by atoms with Gasteiger partial charge in [0.25, 0.3) is 5.91 Å². The molecule has 32 heavy (non-hydrogen) atoms. The zero-order valence-electron chi connectivity index (χ0n) is 17.3. The van der Waals surface area contributed by atoms with Crippen LogP contribution in [0.1, 0.15) is 42.3 Å². The molecule has 0 aliphatic rings. The molecule has 3 rings (SSSR count). The van der Waals surface area contributed by atoms with Gasteiger partial charge in [0.15, 0.2) is 17.5 Å². The molecular formula is C22H22N6O4. The number of anilines is 2. The molecular weight excluding hydrogens is 412 g/mol. The van der Waals surface area contributed by atoms with Gasteiger partial charge in [0, 0.05) is 18.3 Å². The van der Waals surface area contributed by atoms with E-state index in [0.717, 1.165) is 27.9 Å². The monoisotopic (exact) mass is 434 g/mol. The summed E-state index contributed by atoms with van der Waals surface area (Å²) in [5, 5.41) is 26.3. The largest absolute Gasteiger partial charge is 0.478 e. The van der Waals surface area contributed by atoms with Crippen LogP contribution in [0.15, 0.2) is 48.5 Å². The lowest BCUT2D eigenvalue weighted by molar-refractivity contribution is 0.0697. The number of nitrogens with zero attached hydrogens (tertiary/aromatic N) is 2. The lowest BCUT2D eigenvalue weighted by Crippen LogP contribution is -2.31. The first kappa shape index (κ1) is 22.2. The quantitative estimate of drug-likeness (QED) is 0.266. The molecule has 10 nitrogen and oxygen atoms in total. The molecule has 2 aromatic carbocycles. The van der Waals surface area contributed by atoms with Gasteiger partial charge >= 0.3 is 5.97 Å². The molecule has 0 spiro atoms. The van der Waals surface area contributed by atoms with Gasteiger partial charge in [-0.1, -0.05) is 12.1 Å². The number of aldehydes is 1. The van der Waals surface area contributed by atoms with Crippen LogP contribution in [0.2, 0.25) is 0 Å². The molecule has 0 aliphatic carbocycles. The van der Waals surface area contributed by atoms with E-state index in [-0.39, 0.29) is 22.4 Å². The maximum Gasteiger partial charge on any atom is 0.337 e. The highest BCUT2D eigenvalue weighted by Crippen LogP contribution is 2.21. The van der Waals surface area contributed by atoms with Crippen LogP contribution in [0.4, 0.5) is 11.4 Å². The summed E-state index contributed by atoms with van der Waals surface area (Å²) in [4.78, 5) is 36.2. The Labute approximate surface area is 183 Å². The van der Waals surface area contributed by atoms with Crippen molar-refractivity contribution in [1.82, 2.24) is 9.89 Å². The minimum absolute atomic E-state index is 0.0556. The van der Waals surface area contributed by atoms with Crippen molar-refractivity contribution in [2.24, 2.45) is 0 Å². The Balaban J connectivity index is 1.78. The number of nitrogens with one attached hydrogen (secondary N) is 3. The molecule has 10 heteroatoms. The van der Waals surface area contributed by atoms with Gasteiger partial charge in [-0.05, 0) is 60.4 Å². The second-order valence-electron chi connectivity index (χ2n) is 6.98. The van der Waals surface area contributed by atoms with Gasteiger partial charge < -0.3 is 21.6 Å². The van der Waals surface area contributed by atoms with Crippen LogP contribution in [0.5, 0.6) is 0 Å². The van der Waals surface area contributed by atoms with Gasteiger partial charge in [-0.3, -0.25) is 15.0 Å². The molecule has 1 heterocycles. The van der Waals surface area contributed by atoms with Crippen molar-refractivity contribution in [2.45, 2.75) is 12.8 Å². The number of carboxylic acid groups (broad SMARTS) is 1. The highest BCUT2D eigenvalue weighted by Gasteiger charge is 2.16. The van der Waals surface area contributed by atoms with Crippen molar-refractivity contribution in [3.8, 4) is 0 Å². The zero-order valence-corrected chi connectivity index (χ0v) is 17.3. The Hall–Kier alpha value is -4.47. The maximum atomic E-state index is 12.4. The SMILES string of the molecule is CNc1ccc(CCc2ccc(NC(=O)c3ccc(=N)n(N)n3)c(C(=O)O)c2)cc1C=O. The summed E-state index contributed by atoms with van der Waals surface area (Å²) in [6.07, 6.45) is 1.94. The van der Waals surface area contributed by atoms with E-state index in [4.69, 9.17) is 11.3 Å². The van der Waals surface area contributed by atoms with Crippen molar-refractivity contribution in [1.29, 1.82) is 5.41 Å². The number of carbonyl (C=O) groups excluding carboxylic acids is 2. The highest BCUT2D eigenvalue weighted by molar-refractivity contribution is 6.06. The van der Waals surface area contributed by atoms with E-state index >= 15 is 0 Å². The van der Waals surface area contributed by atoms with E-state index < -0.39 is 11.9 Å². The third kappa shape index (κ3) is 4.98. The third-order valence-corrected chi connectivity index (χ3v) is 4.87. The van der Waals surface area contributed by atoms with Crippen LogP contribution in [0, 0.1) is 5.41 Å². The number of benzene rings is 2. The molecule has 0 bridgehead atoms. The van der Waals surface area contributed by atoms with E-state index in [1.807, 2.05) is 12.1 Å². The number of aromatic carboxylic acids is 1. The number of aryl methyl sites for hydroxylation is 2. The Bertz CT molecular complexity index is 1250. The van der Waals surface area contributed by atoms with Crippen LogP contribution in [-0.4, -0.2) is 40.2 Å². The number of hydrogen-bond acceptors (Lipinski definition) is 7. The predicted molar refractivity (Wildman–Crippen MR) is 118 cm³/mol. The normalized spacial score (nSPS) is 10.4. The number of carboxylic acids is 1. The van der Waals surface area contributed by atoms with E-state index in [1.165, 1.54) is 24.3 Å². The van der Waals surface area contributed by atoms with Gasteiger partial charge in [-0.15, -0.1) is 5.10 Å². The molecule has 0 saturated heterocycles. The smallest absolute Gasteiger partial charge is 0.337 e. The van der Waals surface area contributed by atoms with Crippen LogP contribution in [-0.2, 0) is 12.8 Å². The van der Waals surface area contributed by atoms with E-state index in [1.54, 1.807) is 19.2 Å². The van der Waals surface area contributed by atoms with Gasteiger partial charge in [-0.2, -0.15) is 4.79 Å². The van der Waals surface area contributed by atoms with Crippen molar-refractivity contribution in [3.63, 3.8) is 0 Å². The minimum atomic E-state index is -1.19. The summed E-state index contributed by atoms with van der Waals surface area (Å²) < 4.78 is 0. The maximum absolute atomic E-state index is 12.4. The first-order valence-corrected chi connectivity index (χ1v) is 9.66. The number of hydrogen-bond donors (Lipinski definition) is 5. The first-order valence-electron chi connectivity index (χ1n) is 9.66. The molecule has 0 radical (unpaired) electrons. The number of aromatic nitrogens is 2. The van der Waals surface area contributed by atoms with Gasteiger partial charge in [0.2, 0.25) is 0 Å². The predicted octanol–water partition coefficient (Wildman–Crippen LogP) is 1.67. The summed E-state index contributed by atoms with van der Waals surface area (Å²) in [5.74, 6) is 3.65. The number of nitrogens with two attached hydrogens (primary N) is 1. The molecule has 1 aromatic heterocycles. The van der Waals surface area contributed by atoms with Crippen molar-refractivity contribution >= 4 is 29.5 Å². The molecule has 0 unspecified atom stereocenters. The number of nitrogen functional groups attached to an aromatic ring is 1. The first-order chi connectivity index (χ1) is 15.3. The highest BCUT2D eigenvalue weighted by atomic mass is 16.4. The summed E-state index contributed by atoms with van der Waals surface area (Å²) >= 11 is 0. The van der Waals surface area contributed by atoms with E-state index in [9.17, 15) is 19.5 Å². The number of carbonyl (C=O) groups is 3.